The van der Waals surface area contributed by atoms with E-state index in [1.807, 2.05) is 12.2 Å². The fourth-order valence-corrected chi connectivity index (χ4v) is 6.11. The lowest BCUT2D eigenvalue weighted by atomic mass is 10.0. The van der Waals surface area contributed by atoms with Crippen LogP contribution < -0.4 is 4.90 Å². The Hall–Kier alpha value is -5.60. The molecule has 0 radical (unpaired) electrons. The van der Waals surface area contributed by atoms with Gasteiger partial charge in [-0.3, -0.25) is 0 Å². The second-order valence-electron chi connectivity index (χ2n) is 10.6. The summed E-state index contributed by atoms with van der Waals surface area (Å²) in [6.45, 7) is 5.94. The molecule has 0 unspecified atom stereocenters. The molecule has 6 aromatic carbocycles. The molecule has 43 heavy (non-hydrogen) atoms. The largest absolute Gasteiger partial charge is 0.310 e. The molecule has 0 aliphatic carbocycles. The van der Waals surface area contributed by atoms with Crippen LogP contribution in [0, 0.1) is 0 Å². The summed E-state index contributed by atoms with van der Waals surface area (Å²) in [6.07, 6.45) is 8.06. The predicted octanol–water partition coefficient (Wildman–Crippen LogP) is 11.7. The van der Waals surface area contributed by atoms with Gasteiger partial charge < -0.3 is 9.47 Å². The smallest absolute Gasteiger partial charge is 0.0541 e. The second-order valence-corrected chi connectivity index (χ2v) is 10.6. The number of fused-ring (bicyclic) bond motifs is 4. The van der Waals surface area contributed by atoms with Gasteiger partial charge in [-0.15, -0.1) is 0 Å². The lowest BCUT2D eigenvalue weighted by Crippen LogP contribution is -2.10. The summed E-state index contributed by atoms with van der Waals surface area (Å²) >= 11 is 0. The van der Waals surface area contributed by atoms with E-state index < -0.39 is 0 Å². The molecule has 0 N–H and O–H groups in total. The van der Waals surface area contributed by atoms with Gasteiger partial charge in [0, 0.05) is 33.2 Å². The van der Waals surface area contributed by atoms with Gasteiger partial charge in [-0.25, -0.2) is 0 Å². The van der Waals surface area contributed by atoms with E-state index >= 15 is 0 Å². The predicted molar refractivity (Wildman–Crippen MR) is 186 cm³/mol. The highest BCUT2D eigenvalue weighted by atomic mass is 15.1. The highest BCUT2D eigenvalue weighted by Gasteiger charge is 2.16. The minimum atomic E-state index is 1.12. The zero-order chi connectivity index (χ0) is 29.2. The maximum absolute atomic E-state index is 3.86. The Morgan fingerprint density at radius 1 is 0.605 bits per heavy atom. The van der Waals surface area contributed by atoms with Gasteiger partial charge in [0.05, 0.1) is 16.7 Å². The number of hydrogen-bond acceptors (Lipinski definition) is 1. The Balaban J connectivity index is 1.33. The van der Waals surface area contributed by atoms with Crippen LogP contribution in [0.3, 0.4) is 0 Å². The van der Waals surface area contributed by atoms with Gasteiger partial charge in [-0.1, -0.05) is 116 Å². The Morgan fingerprint density at radius 2 is 1.26 bits per heavy atom. The van der Waals surface area contributed by atoms with Crippen molar-refractivity contribution in [2.75, 3.05) is 4.90 Å². The molecule has 0 spiro atoms. The molecule has 7 rings (SSSR count). The molecule has 1 aromatic heterocycles. The van der Waals surface area contributed by atoms with E-state index in [2.05, 4.69) is 175 Å². The Bertz CT molecular complexity index is 2140. The van der Waals surface area contributed by atoms with Crippen LogP contribution in [0.1, 0.15) is 6.92 Å². The minimum absolute atomic E-state index is 1.12. The van der Waals surface area contributed by atoms with Crippen molar-refractivity contribution in [2.24, 2.45) is 0 Å². The maximum atomic E-state index is 3.86. The van der Waals surface area contributed by atoms with Crippen LogP contribution in [0.25, 0.3) is 49.4 Å². The van der Waals surface area contributed by atoms with Crippen LogP contribution >= 0.6 is 0 Å². The summed E-state index contributed by atoms with van der Waals surface area (Å²) < 4.78 is 2.33. The fourth-order valence-electron chi connectivity index (χ4n) is 6.11. The van der Waals surface area contributed by atoms with E-state index in [1.165, 1.54) is 43.7 Å². The highest BCUT2D eigenvalue weighted by Crippen LogP contribution is 2.40. The first kappa shape index (κ1) is 26.3. The number of para-hydroxylation sites is 2. The van der Waals surface area contributed by atoms with E-state index in [0.717, 1.165) is 22.8 Å². The number of anilines is 3. The Labute approximate surface area is 252 Å². The van der Waals surface area contributed by atoms with Crippen molar-refractivity contribution in [3.63, 3.8) is 0 Å². The number of aromatic nitrogens is 1. The van der Waals surface area contributed by atoms with Crippen molar-refractivity contribution in [2.45, 2.75) is 6.92 Å². The Morgan fingerprint density at radius 3 is 2.05 bits per heavy atom. The number of benzene rings is 6. The van der Waals surface area contributed by atoms with Crippen molar-refractivity contribution in [1.82, 2.24) is 4.57 Å². The normalized spacial score (nSPS) is 12.0. The van der Waals surface area contributed by atoms with E-state index in [4.69, 9.17) is 0 Å². The van der Waals surface area contributed by atoms with Crippen LogP contribution in [0.4, 0.5) is 17.1 Å². The van der Waals surface area contributed by atoms with Crippen LogP contribution in [0.5, 0.6) is 0 Å². The third kappa shape index (κ3) is 4.73. The first-order chi connectivity index (χ1) is 21.3. The summed E-state index contributed by atoms with van der Waals surface area (Å²) in [7, 11) is 0. The van der Waals surface area contributed by atoms with E-state index in [9.17, 15) is 0 Å². The molecule has 0 aliphatic rings. The van der Waals surface area contributed by atoms with Gasteiger partial charge in [0.25, 0.3) is 0 Å². The summed E-state index contributed by atoms with van der Waals surface area (Å²) in [6, 6.07) is 50.1. The molecule has 0 fully saturated rings. The topological polar surface area (TPSA) is 8.17 Å². The monoisotopic (exact) mass is 552 g/mol. The van der Waals surface area contributed by atoms with Gasteiger partial charge in [0.2, 0.25) is 0 Å². The molecule has 0 bridgehead atoms. The number of rotatable bonds is 7. The number of allylic oxidation sites excluding steroid dienone is 5. The van der Waals surface area contributed by atoms with Gasteiger partial charge in [-0.2, -0.15) is 0 Å². The molecule has 1 heterocycles. The van der Waals surface area contributed by atoms with Gasteiger partial charge >= 0.3 is 0 Å². The molecule has 0 atom stereocenters. The standard InChI is InChI=1S/C41H32N2/c1-3-5-16-33(4-2)43-40-21-12-11-20-37(40)38-29-32(25-28-41(38)43)30-23-26-35(27-24-30)42(34-17-7-6-8-18-34)39-22-13-15-31-14-9-10-19-36(31)39/h3-29H,1H2,2H3/b16-5-,33-4+. The second kappa shape index (κ2) is 11.3. The van der Waals surface area contributed by atoms with Crippen LogP contribution in [-0.4, -0.2) is 4.57 Å². The van der Waals surface area contributed by atoms with Crippen molar-refractivity contribution in [3.8, 4) is 11.1 Å². The zero-order valence-corrected chi connectivity index (χ0v) is 24.2. The first-order valence-corrected chi connectivity index (χ1v) is 14.7. The summed E-state index contributed by atoms with van der Waals surface area (Å²) in [5.41, 5.74) is 9.30. The van der Waals surface area contributed by atoms with Crippen molar-refractivity contribution >= 4 is 55.3 Å². The minimum Gasteiger partial charge on any atom is -0.310 e. The number of hydrogen-bond donors (Lipinski definition) is 0. The third-order valence-electron chi connectivity index (χ3n) is 8.11. The molecule has 0 aliphatic heterocycles. The highest BCUT2D eigenvalue weighted by molar-refractivity contribution is 6.11. The summed E-state index contributed by atoms with van der Waals surface area (Å²) in [5.74, 6) is 0. The molecule has 0 saturated carbocycles. The fraction of sp³-hybridized carbons (Fsp3) is 0.0244. The average Bonchev–Trinajstić information content (AvgIpc) is 3.40. The third-order valence-corrected chi connectivity index (χ3v) is 8.11. The van der Waals surface area contributed by atoms with Crippen LogP contribution in [0.2, 0.25) is 0 Å². The van der Waals surface area contributed by atoms with Crippen LogP contribution in [-0.2, 0) is 0 Å². The molecule has 7 aromatic rings. The average molecular weight is 553 g/mol. The number of nitrogens with zero attached hydrogens (tertiary/aromatic N) is 2. The van der Waals surface area contributed by atoms with E-state index in [-0.39, 0.29) is 0 Å². The molecule has 2 heteroatoms. The van der Waals surface area contributed by atoms with Crippen molar-refractivity contribution in [3.05, 3.63) is 170 Å². The van der Waals surface area contributed by atoms with E-state index in [1.54, 1.807) is 0 Å². The van der Waals surface area contributed by atoms with Crippen molar-refractivity contribution in [1.29, 1.82) is 0 Å². The maximum Gasteiger partial charge on any atom is 0.0541 e. The molecular weight excluding hydrogens is 520 g/mol. The molecule has 206 valence electrons. The SMILES string of the molecule is C=C/C=C\C(=C/C)n1c2ccccc2c2cc(-c3ccc(N(c4ccccc4)c4cccc5ccccc45)cc3)ccc21. The molecular formula is C41H32N2. The molecule has 0 saturated heterocycles. The molecule has 0 amide bonds. The van der Waals surface area contributed by atoms with Gasteiger partial charge in [0.15, 0.2) is 0 Å². The van der Waals surface area contributed by atoms with Crippen LogP contribution in [0.15, 0.2) is 170 Å². The summed E-state index contributed by atoms with van der Waals surface area (Å²) in [4.78, 5) is 2.35. The molecule has 2 nitrogen and oxygen atoms in total. The lowest BCUT2D eigenvalue weighted by molar-refractivity contribution is 1.23. The first-order valence-electron chi connectivity index (χ1n) is 14.7. The lowest BCUT2D eigenvalue weighted by Gasteiger charge is -2.27. The van der Waals surface area contributed by atoms with Gasteiger partial charge in [-0.05, 0) is 78.0 Å². The van der Waals surface area contributed by atoms with E-state index in [0.29, 0.717) is 0 Å². The quantitative estimate of drug-likeness (QED) is 0.179. The zero-order valence-electron chi connectivity index (χ0n) is 24.2. The Kier molecular flexibility index (Phi) is 6.94. The summed E-state index contributed by atoms with van der Waals surface area (Å²) in [5, 5.41) is 4.94. The van der Waals surface area contributed by atoms with Crippen molar-refractivity contribution < 1.29 is 0 Å². The van der Waals surface area contributed by atoms with Gasteiger partial charge in [0.1, 0.15) is 0 Å².